The molecule has 1 aromatic heterocycles. The summed E-state index contributed by atoms with van der Waals surface area (Å²) < 4.78 is 50.1. The molecule has 0 aliphatic carbocycles. The quantitative estimate of drug-likeness (QED) is 0.318. The van der Waals surface area contributed by atoms with Crippen molar-refractivity contribution in [2.45, 2.75) is 83.4 Å². The minimum absolute atomic E-state index is 0.0114. The summed E-state index contributed by atoms with van der Waals surface area (Å²) in [6.45, 7) is 6.04. The fraction of sp³-hybridized carbons (Fsp3) is 0.516. The van der Waals surface area contributed by atoms with E-state index in [0.29, 0.717) is 25.3 Å². The Hall–Kier alpha value is -4.53. The van der Waals surface area contributed by atoms with Gasteiger partial charge in [-0.3, -0.25) is 14.4 Å². The Balaban J connectivity index is 1.52. The first kappa shape index (κ1) is 32.9. The van der Waals surface area contributed by atoms with Gasteiger partial charge in [-0.15, -0.1) is 0 Å². The summed E-state index contributed by atoms with van der Waals surface area (Å²) in [7, 11) is 1.45. The lowest BCUT2D eigenvalue weighted by atomic mass is 9.84. The number of hydrogen-bond donors (Lipinski definition) is 1. The van der Waals surface area contributed by atoms with Crippen LogP contribution >= 0.6 is 0 Å². The van der Waals surface area contributed by atoms with Crippen molar-refractivity contribution in [3.63, 3.8) is 0 Å². The molecule has 5 rings (SSSR count). The first-order valence-electron chi connectivity index (χ1n) is 14.9. The number of halogens is 2. The number of benzene rings is 1. The lowest BCUT2D eigenvalue weighted by molar-refractivity contribution is -0.0660. The van der Waals surface area contributed by atoms with Crippen molar-refractivity contribution in [2.24, 2.45) is 5.16 Å². The summed E-state index contributed by atoms with van der Waals surface area (Å²) in [6.07, 6.45) is 0.627. The van der Waals surface area contributed by atoms with Crippen LogP contribution in [0.4, 0.5) is 13.6 Å². The fourth-order valence-corrected chi connectivity index (χ4v) is 5.95. The number of carbonyl (C=O) groups excluding carboxylic acids is 3. The van der Waals surface area contributed by atoms with Crippen molar-refractivity contribution < 1.29 is 46.9 Å². The molecule has 2 amide bonds. The smallest absolute Gasteiger partial charge is 0.451 e. The van der Waals surface area contributed by atoms with E-state index in [1.807, 2.05) is 13.8 Å². The van der Waals surface area contributed by atoms with Crippen molar-refractivity contribution in [1.29, 1.82) is 0 Å². The molecule has 2 unspecified atom stereocenters. The van der Waals surface area contributed by atoms with Gasteiger partial charge in [0.15, 0.2) is 11.3 Å². The Bertz CT molecular complexity index is 1630. The standard InChI is InChI=1S/C31H36F2N4O9/c1-16-11-31(46-35-16)9-8-17(2)36-14-24(31)37-13-22(28(39)34-12-20-6-7-21(32)10-23(20)33)26(38)27(25(37)29(36)40)43-15-44-30(41)45-19(4)18(3)42-5/h6-7,10,13,17-19,24H,8-9,11-12,14-15H2,1-5H3,(H,34,39)/t17-,18?,19?,24+,31-/m0/s1. The van der Waals surface area contributed by atoms with Crippen molar-refractivity contribution in [2.75, 3.05) is 20.4 Å². The molecule has 0 radical (unpaired) electrons. The van der Waals surface area contributed by atoms with Gasteiger partial charge in [-0.05, 0) is 46.6 Å². The Morgan fingerprint density at radius 1 is 1.22 bits per heavy atom. The average molecular weight is 647 g/mol. The maximum Gasteiger partial charge on any atom is 0.511 e. The highest BCUT2D eigenvalue weighted by Gasteiger charge is 2.54. The minimum Gasteiger partial charge on any atom is -0.451 e. The minimum atomic E-state index is -1.11. The molecule has 15 heteroatoms. The number of aromatic nitrogens is 1. The zero-order valence-corrected chi connectivity index (χ0v) is 26.1. The Morgan fingerprint density at radius 3 is 2.65 bits per heavy atom. The molecule has 1 saturated heterocycles. The first-order chi connectivity index (χ1) is 21.8. The van der Waals surface area contributed by atoms with Crippen LogP contribution < -0.4 is 15.5 Å². The predicted octanol–water partition coefficient (Wildman–Crippen LogP) is 3.68. The normalized spacial score (nSPS) is 23.1. The molecule has 248 valence electrons. The highest BCUT2D eigenvalue weighted by atomic mass is 19.1. The summed E-state index contributed by atoms with van der Waals surface area (Å²) in [5.41, 5.74) is -1.67. The van der Waals surface area contributed by atoms with Crippen LogP contribution in [0.15, 0.2) is 34.3 Å². The van der Waals surface area contributed by atoms with E-state index in [0.717, 1.165) is 11.8 Å². The highest BCUT2D eigenvalue weighted by Crippen LogP contribution is 2.46. The Morgan fingerprint density at radius 2 is 1.98 bits per heavy atom. The third-order valence-electron chi connectivity index (χ3n) is 8.82. The molecular weight excluding hydrogens is 610 g/mol. The van der Waals surface area contributed by atoms with Crippen LogP contribution in [-0.2, 0) is 25.6 Å². The number of nitrogens with one attached hydrogen (secondary N) is 1. The number of amides is 2. The van der Waals surface area contributed by atoms with Gasteiger partial charge in [0.1, 0.15) is 23.3 Å². The molecule has 46 heavy (non-hydrogen) atoms. The molecule has 1 N–H and O–H groups in total. The van der Waals surface area contributed by atoms with E-state index in [9.17, 15) is 28.0 Å². The van der Waals surface area contributed by atoms with E-state index in [-0.39, 0.29) is 30.4 Å². The molecule has 13 nitrogen and oxygen atoms in total. The summed E-state index contributed by atoms with van der Waals surface area (Å²) in [6, 6.07) is 2.09. The first-order valence-corrected chi connectivity index (χ1v) is 14.9. The molecule has 1 aromatic carbocycles. The van der Waals surface area contributed by atoms with Crippen molar-refractivity contribution in [1.82, 2.24) is 14.8 Å². The van der Waals surface area contributed by atoms with Gasteiger partial charge >= 0.3 is 6.16 Å². The van der Waals surface area contributed by atoms with Crippen LogP contribution in [0.2, 0.25) is 0 Å². The van der Waals surface area contributed by atoms with Gasteiger partial charge in [0.05, 0.1) is 17.9 Å². The van der Waals surface area contributed by atoms with Crippen molar-refractivity contribution in [3.05, 3.63) is 63.1 Å². The number of carbonyl (C=O) groups is 3. The van der Waals surface area contributed by atoms with Crippen molar-refractivity contribution in [3.8, 4) is 5.75 Å². The summed E-state index contributed by atoms with van der Waals surface area (Å²) in [5, 5.41) is 6.67. The molecule has 1 fully saturated rings. The van der Waals surface area contributed by atoms with Gasteiger partial charge in [0.25, 0.3) is 11.8 Å². The monoisotopic (exact) mass is 646 g/mol. The van der Waals surface area contributed by atoms with Crippen LogP contribution in [0, 0.1) is 11.6 Å². The maximum atomic E-state index is 14.3. The number of fused-ring (bicyclic) bond motifs is 5. The molecule has 0 saturated carbocycles. The zero-order chi connectivity index (χ0) is 33.3. The Labute approximate surface area is 263 Å². The van der Waals surface area contributed by atoms with Gasteiger partial charge in [-0.1, -0.05) is 11.2 Å². The van der Waals surface area contributed by atoms with Gasteiger partial charge in [0, 0.05) is 50.5 Å². The van der Waals surface area contributed by atoms with Crippen LogP contribution in [-0.4, -0.2) is 77.4 Å². The fourth-order valence-electron chi connectivity index (χ4n) is 5.95. The van der Waals surface area contributed by atoms with E-state index >= 15 is 0 Å². The third kappa shape index (κ3) is 6.28. The average Bonchev–Trinajstić information content (AvgIpc) is 3.35. The largest absolute Gasteiger partial charge is 0.511 e. The number of methoxy groups -OCH3 is 1. The van der Waals surface area contributed by atoms with Gasteiger partial charge in [-0.2, -0.15) is 0 Å². The van der Waals surface area contributed by atoms with Gasteiger partial charge < -0.3 is 38.6 Å². The molecule has 2 aromatic rings. The third-order valence-corrected chi connectivity index (χ3v) is 8.82. The number of ether oxygens (including phenoxy) is 4. The predicted molar refractivity (Wildman–Crippen MR) is 158 cm³/mol. The van der Waals surface area contributed by atoms with Crippen LogP contribution in [0.25, 0.3) is 0 Å². The van der Waals surface area contributed by atoms with Crippen molar-refractivity contribution >= 4 is 23.7 Å². The zero-order valence-electron chi connectivity index (χ0n) is 26.1. The summed E-state index contributed by atoms with van der Waals surface area (Å²) in [5.74, 6) is -3.60. The number of oxime groups is 1. The van der Waals surface area contributed by atoms with Gasteiger partial charge in [-0.25, -0.2) is 13.6 Å². The number of nitrogens with zero attached hydrogens (tertiary/aromatic N) is 3. The number of pyridine rings is 1. The van der Waals surface area contributed by atoms with E-state index in [2.05, 4.69) is 10.5 Å². The molecule has 5 atom stereocenters. The number of rotatable bonds is 9. The SMILES string of the molecule is COC(C)C(C)OC(=O)OCOc1c2n(cc(C(=O)NCc3ccc(F)cc3F)c1=O)[C@@H]1CN(C2=O)[C@@H](C)CC[C@]12CC(C)=NO2. The van der Waals surface area contributed by atoms with E-state index in [4.69, 9.17) is 23.8 Å². The molecule has 3 aliphatic rings. The topological polar surface area (TPSA) is 147 Å². The summed E-state index contributed by atoms with van der Waals surface area (Å²) >= 11 is 0. The molecule has 3 aliphatic heterocycles. The highest BCUT2D eigenvalue weighted by molar-refractivity contribution is 5.99. The van der Waals surface area contributed by atoms with Gasteiger partial charge in [0.2, 0.25) is 18.0 Å². The molecule has 2 bridgehead atoms. The molecular formula is C31H36F2N4O9. The second-order valence-electron chi connectivity index (χ2n) is 11.8. The lowest BCUT2D eigenvalue weighted by Gasteiger charge is -2.42. The molecule has 1 spiro atoms. The number of hydrogen-bond acceptors (Lipinski definition) is 10. The second-order valence-corrected chi connectivity index (χ2v) is 11.8. The maximum absolute atomic E-state index is 14.3. The van der Waals surface area contributed by atoms with E-state index < -0.39 is 77.0 Å². The van der Waals surface area contributed by atoms with Crippen LogP contribution in [0.3, 0.4) is 0 Å². The van der Waals surface area contributed by atoms with Crippen LogP contribution in [0.5, 0.6) is 5.75 Å². The van der Waals surface area contributed by atoms with E-state index in [1.54, 1.807) is 18.7 Å². The lowest BCUT2D eigenvalue weighted by Crippen LogP contribution is -2.52. The Kier molecular flexibility index (Phi) is 9.33. The van der Waals surface area contributed by atoms with Crippen LogP contribution in [0.1, 0.15) is 79.4 Å². The van der Waals surface area contributed by atoms with E-state index in [1.165, 1.54) is 23.9 Å². The second kappa shape index (κ2) is 13.1. The molecule has 4 heterocycles. The summed E-state index contributed by atoms with van der Waals surface area (Å²) in [4.78, 5) is 61.2.